The van der Waals surface area contributed by atoms with Crippen molar-refractivity contribution in [1.82, 2.24) is 10.2 Å². The third kappa shape index (κ3) is 3.03. The van der Waals surface area contributed by atoms with Crippen LogP contribution < -0.4 is 5.32 Å². The third-order valence-electron chi connectivity index (χ3n) is 5.57. The molecule has 2 fully saturated rings. The summed E-state index contributed by atoms with van der Waals surface area (Å²) < 4.78 is 5.07. The Labute approximate surface area is 146 Å². The molecule has 0 radical (unpaired) electrons. The van der Waals surface area contributed by atoms with Crippen molar-refractivity contribution in [2.45, 2.75) is 39.2 Å². The molecule has 2 heterocycles. The molecule has 7 heteroatoms. The predicted molar refractivity (Wildman–Crippen MR) is 88.8 cm³/mol. The lowest BCUT2D eigenvalue weighted by molar-refractivity contribution is -0.149. The summed E-state index contributed by atoms with van der Waals surface area (Å²) in [6.07, 6.45) is 3.74. The van der Waals surface area contributed by atoms with E-state index in [1.807, 2.05) is 13.8 Å². The van der Waals surface area contributed by atoms with Gasteiger partial charge in [-0.05, 0) is 36.8 Å². The Morgan fingerprint density at radius 2 is 2.16 bits per heavy atom. The van der Waals surface area contributed by atoms with Crippen LogP contribution in [0, 0.1) is 17.3 Å². The van der Waals surface area contributed by atoms with Crippen molar-refractivity contribution in [2.24, 2.45) is 17.3 Å². The topological polar surface area (TPSA) is 99.9 Å². The average Bonchev–Trinajstić information content (AvgIpc) is 3.25. The number of nitrogens with zero attached hydrogens (tertiary/aromatic N) is 1. The van der Waals surface area contributed by atoms with E-state index in [2.05, 4.69) is 5.32 Å². The predicted octanol–water partition coefficient (Wildman–Crippen LogP) is 1.75. The molecular weight excluding hydrogens is 324 g/mol. The van der Waals surface area contributed by atoms with Crippen molar-refractivity contribution in [3.63, 3.8) is 0 Å². The molecular formula is C18H24N2O5. The largest absolute Gasteiger partial charge is 0.481 e. The Morgan fingerprint density at radius 3 is 2.72 bits per heavy atom. The fraction of sp³-hybridized carbons (Fsp3) is 0.611. The van der Waals surface area contributed by atoms with Crippen LogP contribution in [0.15, 0.2) is 22.8 Å². The molecule has 1 aromatic heterocycles. The molecule has 1 aliphatic heterocycles. The quantitative estimate of drug-likeness (QED) is 0.844. The van der Waals surface area contributed by atoms with Gasteiger partial charge in [0.1, 0.15) is 6.04 Å². The zero-order valence-corrected chi connectivity index (χ0v) is 14.5. The zero-order valence-electron chi connectivity index (χ0n) is 14.5. The Morgan fingerprint density at radius 1 is 1.40 bits per heavy atom. The molecule has 1 saturated heterocycles. The van der Waals surface area contributed by atoms with Crippen LogP contribution in [0.2, 0.25) is 0 Å². The van der Waals surface area contributed by atoms with Gasteiger partial charge in [-0.3, -0.25) is 14.4 Å². The van der Waals surface area contributed by atoms with E-state index in [9.17, 15) is 19.5 Å². The lowest BCUT2D eigenvalue weighted by Gasteiger charge is -2.28. The molecule has 3 rings (SSSR count). The van der Waals surface area contributed by atoms with Crippen molar-refractivity contribution in [3.8, 4) is 0 Å². The molecule has 2 aliphatic rings. The minimum absolute atomic E-state index is 0.00235. The van der Waals surface area contributed by atoms with Crippen molar-refractivity contribution in [2.75, 3.05) is 13.1 Å². The molecule has 25 heavy (non-hydrogen) atoms. The summed E-state index contributed by atoms with van der Waals surface area (Å²) in [5, 5.41) is 12.4. The molecule has 0 spiro atoms. The highest BCUT2D eigenvalue weighted by Crippen LogP contribution is 2.49. The maximum atomic E-state index is 13.0. The Balaban J connectivity index is 1.74. The van der Waals surface area contributed by atoms with E-state index in [1.165, 1.54) is 12.3 Å². The Hall–Kier alpha value is -2.31. The number of likely N-dealkylation sites (tertiary alicyclic amines) is 1. The first-order chi connectivity index (χ1) is 11.8. The number of aliphatic carboxylic acids is 1. The summed E-state index contributed by atoms with van der Waals surface area (Å²) in [5.74, 6) is -1.44. The molecule has 1 saturated carbocycles. The van der Waals surface area contributed by atoms with Gasteiger partial charge in [-0.25, -0.2) is 0 Å². The summed E-state index contributed by atoms with van der Waals surface area (Å²) in [7, 11) is 0. The second kappa shape index (κ2) is 6.54. The van der Waals surface area contributed by atoms with Gasteiger partial charge < -0.3 is 19.7 Å². The van der Waals surface area contributed by atoms with E-state index >= 15 is 0 Å². The molecule has 0 bridgehead atoms. The molecule has 2 N–H and O–H groups in total. The maximum Gasteiger partial charge on any atom is 0.311 e. The first-order valence-corrected chi connectivity index (χ1v) is 8.71. The van der Waals surface area contributed by atoms with Crippen LogP contribution in [0.1, 0.15) is 43.7 Å². The number of hydrogen-bond donors (Lipinski definition) is 2. The van der Waals surface area contributed by atoms with Crippen LogP contribution >= 0.6 is 0 Å². The van der Waals surface area contributed by atoms with Gasteiger partial charge in [0.15, 0.2) is 5.76 Å². The molecule has 0 aromatic carbocycles. The number of carbonyl (C=O) groups is 3. The molecule has 3 atom stereocenters. The highest BCUT2D eigenvalue weighted by Gasteiger charge is 2.56. The normalized spacial score (nSPS) is 26.5. The molecule has 2 amide bonds. The van der Waals surface area contributed by atoms with Gasteiger partial charge in [-0.2, -0.15) is 0 Å². The highest BCUT2D eigenvalue weighted by molar-refractivity contribution is 5.95. The van der Waals surface area contributed by atoms with E-state index in [0.29, 0.717) is 13.0 Å². The van der Waals surface area contributed by atoms with Gasteiger partial charge in [0.2, 0.25) is 5.91 Å². The van der Waals surface area contributed by atoms with Crippen LogP contribution in [0.4, 0.5) is 0 Å². The third-order valence-corrected chi connectivity index (χ3v) is 5.57. The van der Waals surface area contributed by atoms with E-state index in [-0.39, 0.29) is 30.0 Å². The standard InChI is InChI=1S/C18H24N2O5/c1-11(2)14(19-15(21)13-6-4-8-25-13)16(22)20-9-12-5-3-7-18(12,10-20)17(23)24/h4,6,8,11-12,14H,3,5,7,9-10H2,1-2H3,(H,19,21)(H,23,24)/t12-,14?,18+/m0/s1. The number of rotatable bonds is 5. The summed E-state index contributed by atoms with van der Waals surface area (Å²) in [6.45, 7) is 4.39. The van der Waals surface area contributed by atoms with E-state index < -0.39 is 23.3 Å². The number of hydrogen-bond acceptors (Lipinski definition) is 4. The smallest absolute Gasteiger partial charge is 0.311 e. The SMILES string of the molecule is CC(C)C(NC(=O)c1ccco1)C(=O)N1C[C@@H]2CCC[C@@]2(C(=O)O)C1. The van der Waals surface area contributed by atoms with E-state index in [1.54, 1.807) is 11.0 Å². The average molecular weight is 348 g/mol. The van der Waals surface area contributed by atoms with E-state index in [0.717, 1.165) is 12.8 Å². The highest BCUT2D eigenvalue weighted by atomic mass is 16.4. The minimum atomic E-state index is -0.817. The van der Waals surface area contributed by atoms with E-state index in [4.69, 9.17) is 4.42 Å². The fourth-order valence-electron chi connectivity index (χ4n) is 4.14. The number of carbonyl (C=O) groups excluding carboxylic acids is 2. The maximum absolute atomic E-state index is 13.0. The number of furan rings is 1. The second-order valence-corrected chi connectivity index (χ2v) is 7.44. The van der Waals surface area contributed by atoms with Crippen LogP contribution in [0.5, 0.6) is 0 Å². The van der Waals surface area contributed by atoms with Gasteiger partial charge in [-0.15, -0.1) is 0 Å². The Kier molecular flexibility index (Phi) is 4.58. The number of fused-ring (bicyclic) bond motifs is 1. The van der Waals surface area contributed by atoms with Gasteiger partial charge in [0, 0.05) is 13.1 Å². The molecule has 1 aliphatic carbocycles. The minimum Gasteiger partial charge on any atom is -0.481 e. The van der Waals surface area contributed by atoms with Gasteiger partial charge >= 0.3 is 5.97 Å². The first kappa shape index (κ1) is 17.5. The lowest BCUT2D eigenvalue weighted by atomic mass is 9.81. The lowest BCUT2D eigenvalue weighted by Crippen LogP contribution is -2.51. The monoisotopic (exact) mass is 348 g/mol. The van der Waals surface area contributed by atoms with Crippen LogP contribution in [-0.4, -0.2) is 46.9 Å². The fourth-order valence-corrected chi connectivity index (χ4v) is 4.14. The van der Waals surface area contributed by atoms with Crippen molar-refractivity contribution >= 4 is 17.8 Å². The summed E-state index contributed by atoms with van der Waals surface area (Å²) in [5.41, 5.74) is -0.817. The zero-order chi connectivity index (χ0) is 18.2. The molecule has 1 unspecified atom stereocenters. The van der Waals surface area contributed by atoms with Gasteiger partial charge in [-0.1, -0.05) is 20.3 Å². The molecule has 7 nitrogen and oxygen atoms in total. The Bertz CT molecular complexity index is 669. The summed E-state index contributed by atoms with van der Waals surface area (Å²) in [6, 6.07) is 2.44. The number of carboxylic acid groups (broad SMARTS) is 1. The molecule has 1 aromatic rings. The number of carboxylic acids is 1. The van der Waals surface area contributed by atoms with Crippen LogP contribution in [-0.2, 0) is 9.59 Å². The van der Waals surface area contributed by atoms with Crippen LogP contribution in [0.25, 0.3) is 0 Å². The molecule has 136 valence electrons. The van der Waals surface area contributed by atoms with Gasteiger partial charge in [0.05, 0.1) is 11.7 Å². The van der Waals surface area contributed by atoms with Crippen molar-refractivity contribution in [1.29, 1.82) is 0 Å². The first-order valence-electron chi connectivity index (χ1n) is 8.71. The summed E-state index contributed by atoms with van der Waals surface area (Å²) >= 11 is 0. The van der Waals surface area contributed by atoms with Crippen molar-refractivity contribution < 1.29 is 23.9 Å². The summed E-state index contributed by atoms with van der Waals surface area (Å²) in [4.78, 5) is 38.6. The second-order valence-electron chi connectivity index (χ2n) is 7.44. The van der Waals surface area contributed by atoms with Crippen LogP contribution in [0.3, 0.4) is 0 Å². The number of amides is 2. The van der Waals surface area contributed by atoms with Gasteiger partial charge in [0.25, 0.3) is 5.91 Å². The van der Waals surface area contributed by atoms with Crippen molar-refractivity contribution in [3.05, 3.63) is 24.2 Å². The number of nitrogens with one attached hydrogen (secondary N) is 1.